The van der Waals surface area contributed by atoms with Crippen LogP contribution in [0.25, 0.3) is 0 Å². The zero-order valence-electron chi connectivity index (χ0n) is 11.2. The molecule has 0 aliphatic carbocycles. The highest BCUT2D eigenvalue weighted by molar-refractivity contribution is 5.77. The molecule has 2 rings (SSSR count). The maximum atomic E-state index is 12.3. The topological polar surface area (TPSA) is 46.1 Å². The van der Waals surface area contributed by atoms with Crippen molar-refractivity contribution in [3.05, 3.63) is 24.3 Å². The van der Waals surface area contributed by atoms with Crippen molar-refractivity contribution in [3.8, 4) is 0 Å². The van der Waals surface area contributed by atoms with Crippen LogP contribution >= 0.6 is 0 Å². The molecule has 0 saturated carbocycles. The number of nitrogens with zero attached hydrogens (tertiary/aromatic N) is 3. The molecule has 18 heavy (non-hydrogen) atoms. The van der Waals surface area contributed by atoms with Crippen LogP contribution in [0.4, 0.5) is 0 Å². The number of carbonyl (C=O) groups excluding carboxylic acids is 1. The monoisotopic (exact) mass is 247 g/mol. The highest BCUT2D eigenvalue weighted by Gasteiger charge is 2.28. The van der Waals surface area contributed by atoms with Crippen molar-refractivity contribution in [1.29, 1.82) is 0 Å². The van der Waals surface area contributed by atoms with Crippen LogP contribution in [-0.4, -0.2) is 27.3 Å². The molecule has 0 radical (unpaired) electrons. The van der Waals surface area contributed by atoms with Gasteiger partial charge in [-0.2, -0.15) is 0 Å². The molecule has 0 aromatic carbocycles. The Hall–Kier alpha value is -1.45. The van der Waals surface area contributed by atoms with Crippen LogP contribution in [0.1, 0.15) is 51.3 Å². The predicted octanol–water partition coefficient (Wildman–Crippen LogP) is 2.58. The fraction of sp³-hybridized carbons (Fsp3) is 0.643. The van der Waals surface area contributed by atoms with Crippen molar-refractivity contribution in [2.75, 3.05) is 6.54 Å². The lowest BCUT2D eigenvalue weighted by atomic mass is 9.98. The van der Waals surface area contributed by atoms with E-state index in [1.807, 2.05) is 4.90 Å². The summed E-state index contributed by atoms with van der Waals surface area (Å²) in [6.45, 7) is 5.02. The Bertz CT molecular complexity index is 391. The molecule has 1 amide bonds. The minimum Gasteiger partial charge on any atom is -0.334 e. The molecule has 98 valence electrons. The number of hydrogen-bond acceptors (Lipinski definition) is 3. The van der Waals surface area contributed by atoms with Gasteiger partial charge in [0.1, 0.15) is 0 Å². The van der Waals surface area contributed by atoms with E-state index in [-0.39, 0.29) is 11.9 Å². The minimum atomic E-state index is 0.124. The molecule has 1 aromatic rings. The molecule has 4 heteroatoms. The standard InChI is InChI=1S/C14H21N3O/c1-11(2)9-14(18)17-8-4-3-5-13(17)12-10-15-6-7-16-12/h6-7,10-11,13H,3-5,8-9H2,1-2H3/t13-/m1/s1. The van der Waals surface area contributed by atoms with Crippen LogP contribution in [0.2, 0.25) is 0 Å². The number of hydrogen-bond donors (Lipinski definition) is 0. The number of likely N-dealkylation sites (tertiary alicyclic amines) is 1. The molecule has 1 fully saturated rings. The van der Waals surface area contributed by atoms with Gasteiger partial charge in [0.05, 0.1) is 17.9 Å². The average Bonchev–Trinajstić information content (AvgIpc) is 2.39. The molecule has 1 atom stereocenters. The Labute approximate surface area is 108 Å². The van der Waals surface area contributed by atoms with E-state index in [0.717, 1.165) is 31.5 Å². The fourth-order valence-electron chi connectivity index (χ4n) is 2.49. The second kappa shape index (κ2) is 5.94. The van der Waals surface area contributed by atoms with Crippen molar-refractivity contribution >= 4 is 5.91 Å². The first kappa shape index (κ1) is 13.0. The molecule has 0 bridgehead atoms. The molecule has 0 unspecified atom stereocenters. The number of carbonyl (C=O) groups is 1. The predicted molar refractivity (Wildman–Crippen MR) is 69.8 cm³/mol. The van der Waals surface area contributed by atoms with Crippen molar-refractivity contribution in [1.82, 2.24) is 14.9 Å². The zero-order chi connectivity index (χ0) is 13.0. The Morgan fingerprint density at radius 3 is 2.94 bits per heavy atom. The summed E-state index contributed by atoms with van der Waals surface area (Å²) in [7, 11) is 0. The van der Waals surface area contributed by atoms with Gasteiger partial charge in [0.2, 0.25) is 5.91 Å². The van der Waals surface area contributed by atoms with Crippen molar-refractivity contribution in [2.24, 2.45) is 5.92 Å². The normalized spacial score (nSPS) is 20.2. The summed E-state index contributed by atoms with van der Waals surface area (Å²) in [5.74, 6) is 0.655. The maximum absolute atomic E-state index is 12.3. The summed E-state index contributed by atoms with van der Waals surface area (Å²) < 4.78 is 0. The minimum absolute atomic E-state index is 0.124. The Morgan fingerprint density at radius 2 is 2.28 bits per heavy atom. The Balaban J connectivity index is 2.13. The lowest BCUT2D eigenvalue weighted by Crippen LogP contribution is -2.39. The molecule has 2 heterocycles. The van der Waals surface area contributed by atoms with E-state index < -0.39 is 0 Å². The van der Waals surface area contributed by atoms with E-state index in [2.05, 4.69) is 23.8 Å². The van der Waals surface area contributed by atoms with Crippen LogP contribution < -0.4 is 0 Å². The quantitative estimate of drug-likeness (QED) is 0.824. The van der Waals surface area contributed by atoms with Crippen molar-refractivity contribution in [2.45, 2.75) is 45.6 Å². The van der Waals surface area contributed by atoms with Crippen LogP contribution in [0.5, 0.6) is 0 Å². The van der Waals surface area contributed by atoms with E-state index >= 15 is 0 Å². The van der Waals surface area contributed by atoms with Crippen LogP contribution in [0, 0.1) is 5.92 Å². The molecule has 4 nitrogen and oxygen atoms in total. The second-order valence-electron chi connectivity index (χ2n) is 5.33. The van der Waals surface area contributed by atoms with Gasteiger partial charge < -0.3 is 4.90 Å². The SMILES string of the molecule is CC(C)CC(=O)N1CCCC[C@@H]1c1cnccn1. The third-order valence-corrected chi connectivity index (χ3v) is 3.33. The first-order valence-electron chi connectivity index (χ1n) is 6.74. The highest BCUT2D eigenvalue weighted by Crippen LogP contribution is 2.30. The average molecular weight is 247 g/mol. The second-order valence-corrected chi connectivity index (χ2v) is 5.33. The van der Waals surface area contributed by atoms with Gasteiger partial charge in [0.15, 0.2) is 0 Å². The molecular formula is C14H21N3O. The van der Waals surface area contributed by atoms with Gasteiger partial charge in [-0.15, -0.1) is 0 Å². The first-order valence-corrected chi connectivity index (χ1v) is 6.74. The van der Waals surface area contributed by atoms with Crippen LogP contribution in [0.15, 0.2) is 18.6 Å². The summed E-state index contributed by atoms with van der Waals surface area (Å²) in [5, 5.41) is 0. The van der Waals surface area contributed by atoms with Gasteiger partial charge in [-0.3, -0.25) is 14.8 Å². The van der Waals surface area contributed by atoms with E-state index in [9.17, 15) is 4.79 Å². The Kier molecular flexibility index (Phi) is 4.28. The van der Waals surface area contributed by atoms with Gasteiger partial charge in [0, 0.05) is 25.4 Å². The van der Waals surface area contributed by atoms with Gasteiger partial charge in [0.25, 0.3) is 0 Å². The summed E-state index contributed by atoms with van der Waals surface area (Å²) in [6, 6.07) is 0.124. The largest absolute Gasteiger partial charge is 0.334 e. The summed E-state index contributed by atoms with van der Waals surface area (Å²) in [6.07, 6.45) is 9.04. The van der Waals surface area contributed by atoms with E-state index in [0.29, 0.717) is 12.3 Å². The summed E-state index contributed by atoms with van der Waals surface area (Å²) in [4.78, 5) is 22.7. The smallest absolute Gasteiger partial charge is 0.223 e. The van der Waals surface area contributed by atoms with Crippen LogP contribution in [0.3, 0.4) is 0 Å². The van der Waals surface area contributed by atoms with Gasteiger partial charge in [-0.05, 0) is 25.2 Å². The molecule has 1 saturated heterocycles. The number of aromatic nitrogens is 2. The molecule has 1 aliphatic heterocycles. The van der Waals surface area contributed by atoms with Crippen molar-refractivity contribution in [3.63, 3.8) is 0 Å². The number of piperidine rings is 1. The zero-order valence-corrected chi connectivity index (χ0v) is 11.2. The van der Waals surface area contributed by atoms with E-state index in [1.54, 1.807) is 18.6 Å². The van der Waals surface area contributed by atoms with Crippen molar-refractivity contribution < 1.29 is 4.79 Å². The molecule has 1 aromatic heterocycles. The first-order chi connectivity index (χ1) is 8.68. The van der Waals surface area contributed by atoms with Crippen LogP contribution in [-0.2, 0) is 4.79 Å². The van der Waals surface area contributed by atoms with Gasteiger partial charge >= 0.3 is 0 Å². The number of amides is 1. The molecule has 0 N–H and O–H groups in total. The third-order valence-electron chi connectivity index (χ3n) is 3.33. The highest BCUT2D eigenvalue weighted by atomic mass is 16.2. The molecule has 1 aliphatic rings. The lowest BCUT2D eigenvalue weighted by Gasteiger charge is -2.35. The maximum Gasteiger partial charge on any atom is 0.223 e. The van der Waals surface area contributed by atoms with E-state index in [4.69, 9.17) is 0 Å². The summed E-state index contributed by atoms with van der Waals surface area (Å²) in [5.41, 5.74) is 0.925. The molecular weight excluding hydrogens is 226 g/mol. The third kappa shape index (κ3) is 3.06. The lowest BCUT2D eigenvalue weighted by molar-refractivity contribution is -0.136. The van der Waals surface area contributed by atoms with E-state index in [1.165, 1.54) is 0 Å². The van der Waals surface area contributed by atoms with Gasteiger partial charge in [-0.25, -0.2) is 0 Å². The summed E-state index contributed by atoms with van der Waals surface area (Å²) >= 11 is 0. The fourth-order valence-corrected chi connectivity index (χ4v) is 2.49. The molecule has 0 spiro atoms. The van der Waals surface area contributed by atoms with Gasteiger partial charge in [-0.1, -0.05) is 13.8 Å². The number of rotatable bonds is 3. The Morgan fingerprint density at radius 1 is 1.44 bits per heavy atom.